The maximum atomic E-state index is 13.4. The molecule has 0 spiro atoms. The van der Waals surface area contributed by atoms with Crippen LogP contribution >= 0.6 is 0 Å². The number of anilines is 1. The number of hydrogen-bond acceptors (Lipinski definition) is 3. The Hall–Kier alpha value is -3.67. The lowest BCUT2D eigenvalue weighted by molar-refractivity contribution is -0.117. The first-order valence-electron chi connectivity index (χ1n) is 13.1. The molecule has 1 unspecified atom stereocenters. The average Bonchev–Trinajstić information content (AvgIpc) is 3.44. The molecule has 1 aliphatic rings. The number of imidazole rings is 1. The maximum absolute atomic E-state index is 13.4. The molecule has 0 bridgehead atoms. The third-order valence-corrected chi connectivity index (χ3v) is 7.14. The molecule has 0 radical (unpaired) electrons. The van der Waals surface area contributed by atoms with Crippen molar-refractivity contribution in [3.8, 4) is 5.75 Å². The second kappa shape index (κ2) is 10.8. The van der Waals surface area contributed by atoms with Gasteiger partial charge >= 0.3 is 0 Å². The first-order valence-corrected chi connectivity index (χ1v) is 13.1. The predicted octanol–water partition coefficient (Wildman–Crippen LogP) is 6.99. The van der Waals surface area contributed by atoms with Gasteiger partial charge in [0, 0.05) is 31.1 Å². The summed E-state index contributed by atoms with van der Waals surface area (Å²) in [5, 5.41) is 0. The summed E-state index contributed by atoms with van der Waals surface area (Å²) < 4.78 is 21.9. The van der Waals surface area contributed by atoms with E-state index in [1.54, 1.807) is 17.0 Å². The van der Waals surface area contributed by atoms with Crippen LogP contribution in [-0.4, -0.2) is 28.6 Å². The molecule has 5 nitrogen and oxygen atoms in total. The summed E-state index contributed by atoms with van der Waals surface area (Å²) in [5.74, 6) is 2.07. The molecule has 1 fully saturated rings. The maximum Gasteiger partial charge on any atom is 0.227 e. The molecule has 1 aliphatic heterocycles. The highest BCUT2D eigenvalue weighted by Gasteiger charge is 2.34. The smallest absolute Gasteiger partial charge is 0.227 e. The number of rotatable bonds is 9. The zero-order valence-corrected chi connectivity index (χ0v) is 21.8. The molecule has 5 rings (SSSR count). The van der Waals surface area contributed by atoms with E-state index in [2.05, 4.69) is 49.6 Å². The second-order valence-corrected chi connectivity index (χ2v) is 10.2. The molecule has 0 N–H and O–H groups in total. The van der Waals surface area contributed by atoms with Crippen LogP contribution in [0.25, 0.3) is 11.0 Å². The summed E-state index contributed by atoms with van der Waals surface area (Å²) in [5.41, 5.74) is 5.21. The Morgan fingerprint density at radius 2 is 1.84 bits per heavy atom. The number of benzene rings is 3. The monoisotopic (exact) mass is 499 g/mol. The van der Waals surface area contributed by atoms with E-state index in [4.69, 9.17) is 9.72 Å². The lowest BCUT2D eigenvalue weighted by Gasteiger charge is -2.18. The van der Waals surface area contributed by atoms with Gasteiger partial charge in [-0.1, -0.05) is 38.1 Å². The standard InChI is InChI=1S/C31H34FN3O2/c1-21(2)26-15-10-22(3)18-29(26)37-17-7-6-16-34-28-9-5-4-8-27(28)33-31(34)23-19-30(36)35(20-23)25-13-11-24(32)12-14-25/h4-5,8-15,18,21,23H,6-7,16-17,19-20H2,1-3H3. The van der Waals surface area contributed by atoms with Crippen molar-refractivity contribution in [2.45, 2.75) is 58.4 Å². The van der Waals surface area contributed by atoms with Crippen molar-refractivity contribution in [3.63, 3.8) is 0 Å². The first kappa shape index (κ1) is 25.0. The highest BCUT2D eigenvalue weighted by Crippen LogP contribution is 2.33. The number of aryl methyl sites for hydroxylation is 2. The van der Waals surface area contributed by atoms with Gasteiger partial charge in [-0.3, -0.25) is 4.79 Å². The molecule has 1 atom stereocenters. The molecule has 1 saturated heterocycles. The van der Waals surface area contributed by atoms with Gasteiger partial charge in [-0.25, -0.2) is 9.37 Å². The fourth-order valence-electron chi connectivity index (χ4n) is 5.19. The number of ether oxygens (including phenoxy) is 1. The van der Waals surface area contributed by atoms with Crippen LogP contribution in [0.2, 0.25) is 0 Å². The number of carbonyl (C=O) groups is 1. The van der Waals surface area contributed by atoms with Crippen molar-refractivity contribution < 1.29 is 13.9 Å². The van der Waals surface area contributed by atoms with Crippen LogP contribution in [0.4, 0.5) is 10.1 Å². The minimum Gasteiger partial charge on any atom is -0.493 e. The third kappa shape index (κ3) is 5.38. The van der Waals surface area contributed by atoms with Gasteiger partial charge in [0.25, 0.3) is 0 Å². The van der Waals surface area contributed by atoms with Crippen LogP contribution in [0.3, 0.4) is 0 Å². The molecular formula is C31H34FN3O2. The van der Waals surface area contributed by atoms with Crippen LogP contribution in [0.1, 0.15) is 61.9 Å². The van der Waals surface area contributed by atoms with Gasteiger partial charge in [0.05, 0.1) is 17.6 Å². The van der Waals surface area contributed by atoms with Crippen molar-refractivity contribution in [2.24, 2.45) is 0 Å². The minimum absolute atomic E-state index is 0.0119. The predicted molar refractivity (Wildman–Crippen MR) is 146 cm³/mol. The lowest BCUT2D eigenvalue weighted by Crippen LogP contribution is -2.24. The Bertz CT molecular complexity index is 1390. The molecule has 0 saturated carbocycles. The van der Waals surface area contributed by atoms with Gasteiger partial charge in [0.2, 0.25) is 5.91 Å². The average molecular weight is 500 g/mol. The zero-order chi connectivity index (χ0) is 25.9. The molecule has 192 valence electrons. The summed E-state index contributed by atoms with van der Waals surface area (Å²) >= 11 is 0. The number of aromatic nitrogens is 2. The normalized spacial score (nSPS) is 15.8. The number of hydrogen-bond donors (Lipinski definition) is 0. The SMILES string of the molecule is Cc1ccc(C(C)C)c(OCCCCn2c(C3CC(=O)N(c4ccc(F)cc4)C3)nc3ccccc32)c1. The van der Waals surface area contributed by atoms with Crippen LogP contribution in [-0.2, 0) is 11.3 Å². The van der Waals surface area contributed by atoms with E-state index in [0.717, 1.165) is 47.7 Å². The fourth-order valence-corrected chi connectivity index (χ4v) is 5.19. The summed E-state index contributed by atoms with van der Waals surface area (Å²) in [6.45, 7) is 8.48. The van der Waals surface area contributed by atoms with Crippen molar-refractivity contribution in [2.75, 3.05) is 18.1 Å². The van der Waals surface area contributed by atoms with E-state index in [1.165, 1.54) is 23.3 Å². The zero-order valence-electron chi connectivity index (χ0n) is 21.8. The van der Waals surface area contributed by atoms with E-state index in [-0.39, 0.29) is 17.6 Å². The number of unbranched alkanes of at least 4 members (excludes halogenated alkanes) is 1. The lowest BCUT2D eigenvalue weighted by atomic mass is 10.0. The molecule has 6 heteroatoms. The van der Waals surface area contributed by atoms with Crippen LogP contribution < -0.4 is 9.64 Å². The summed E-state index contributed by atoms with van der Waals surface area (Å²) in [6.07, 6.45) is 2.26. The van der Waals surface area contributed by atoms with Gasteiger partial charge in [0.1, 0.15) is 17.4 Å². The van der Waals surface area contributed by atoms with E-state index < -0.39 is 0 Å². The fraction of sp³-hybridized carbons (Fsp3) is 0.355. The number of nitrogens with zero attached hydrogens (tertiary/aromatic N) is 3. The van der Waals surface area contributed by atoms with Crippen molar-refractivity contribution in [1.82, 2.24) is 9.55 Å². The first-order chi connectivity index (χ1) is 17.9. The summed E-state index contributed by atoms with van der Waals surface area (Å²) in [6, 6.07) is 20.7. The quantitative estimate of drug-likeness (QED) is 0.233. The largest absolute Gasteiger partial charge is 0.493 e. The molecule has 0 aliphatic carbocycles. The van der Waals surface area contributed by atoms with Crippen molar-refractivity contribution >= 4 is 22.6 Å². The number of halogens is 1. The molecule has 1 aromatic heterocycles. The van der Waals surface area contributed by atoms with E-state index in [0.29, 0.717) is 25.5 Å². The minimum atomic E-state index is -0.305. The van der Waals surface area contributed by atoms with Crippen LogP contribution in [0.15, 0.2) is 66.7 Å². The summed E-state index contributed by atoms with van der Waals surface area (Å²) in [7, 11) is 0. The second-order valence-electron chi connectivity index (χ2n) is 10.2. The van der Waals surface area contributed by atoms with Crippen LogP contribution in [0.5, 0.6) is 5.75 Å². The highest BCUT2D eigenvalue weighted by atomic mass is 19.1. The van der Waals surface area contributed by atoms with E-state index in [9.17, 15) is 9.18 Å². The van der Waals surface area contributed by atoms with Gasteiger partial charge < -0.3 is 14.2 Å². The molecule has 4 aromatic rings. The number of fused-ring (bicyclic) bond motifs is 1. The van der Waals surface area contributed by atoms with Crippen molar-refractivity contribution in [3.05, 3.63) is 89.5 Å². The molecule has 2 heterocycles. The van der Waals surface area contributed by atoms with Gasteiger partial charge in [0.15, 0.2) is 0 Å². The summed E-state index contributed by atoms with van der Waals surface area (Å²) in [4.78, 5) is 19.6. The Morgan fingerprint density at radius 1 is 1.05 bits per heavy atom. The molecular weight excluding hydrogens is 465 g/mol. The number of para-hydroxylation sites is 2. The number of amides is 1. The molecule has 3 aromatic carbocycles. The molecule has 1 amide bonds. The van der Waals surface area contributed by atoms with Gasteiger partial charge in [-0.05, 0) is 79.3 Å². The Labute approximate surface area is 217 Å². The highest BCUT2D eigenvalue weighted by molar-refractivity contribution is 5.96. The number of carbonyl (C=O) groups excluding carboxylic acids is 1. The topological polar surface area (TPSA) is 47.4 Å². The molecule has 37 heavy (non-hydrogen) atoms. The Balaban J connectivity index is 1.28. The Morgan fingerprint density at radius 3 is 2.62 bits per heavy atom. The van der Waals surface area contributed by atoms with Gasteiger partial charge in [-0.15, -0.1) is 0 Å². The van der Waals surface area contributed by atoms with Crippen molar-refractivity contribution in [1.29, 1.82) is 0 Å². The van der Waals surface area contributed by atoms with Crippen LogP contribution in [0, 0.1) is 12.7 Å². The van der Waals surface area contributed by atoms with E-state index in [1.807, 2.05) is 18.2 Å². The van der Waals surface area contributed by atoms with Gasteiger partial charge in [-0.2, -0.15) is 0 Å². The van der Waals surface area contributed by atoms with E-state index >= 15 is 0 Å². The third-order valence-electron chi connectivity index (χ3n) is 7.14. The Kier molecular flexibility index (Phi) is 7.26.